The molecular weight excluding hydrogens is 271 g/mol. The molecule has 1 heterocycles. The fourth-order valence-electron chi connectivity index (χ4n) is 1.67. The Kier molecular flexibility index (Phi) is 5.13. The topological polar surface area (TPSA) is 78.8 Å². The molecule has 0 amide bonds. The number of anilines is 2. The van der Waals surface area contributed by atoms with Crippen LogP contribution in [0.3, 0.4) is 0 Å². The molecule has 8 heteroatoms. The molecule has 1 aromatic rings. The van der Waals surface area contributed by atoms with Gasteiger partial charge in [0.15, 0.2) is 0 Å². The van der Waals surface area contributed by atoms with Gasteiger partial charge in [0.2, 0.25) is 5.82 Å². The average molecular weight is 287 g/mol. The lowest BCUT2D eigenvalue weighted by molar-refractivity contribution is -0.144. The van der Waals surface area contributed by atoms with Crippen molar-refractivity contribution in [1.82, 2.24) is 9.97 Å². The smallest absolute Gasteiger partial charge is 0.384 e. The van der Waals surface area contributed by atoms with Gasteiger partial charge in [0.1, 0.15) is 11.6 Å². The van der Waals surface area contributed by atoms with Crippen LogP contribution in [0.15, 0.2) is 6.07 Å². The Bertz CT molecular complexity index is 493. The van der Waals surface area contributed by atoms with Gasteiger partial charge in [0.05, 0.1) is 12.5 Å². The van der Waals surface area contributed by atoms with Crippen molar-refractivity contribution in [3.63, 3.8) is 0 Å². The van der Waals surface area contributed by atoms with E-state index in [-0.39, 0.29) is 24.0 Å². The zero-order valence-electron chi connectivity index (χ0n) is 11.3. The van der Waals surface area contributed by atoms with Crippen LogP contribution in [0, 0.1) is 17.2 Å². The lowest BCUT2D eigenvalue weighted by atomic mass is 10.2. The zero-order valence-corrected chi connectivity index (χ0v) is 11.3. The summed E-state index contributed by atoms with van der Waals surface area (Å²) in [4.78, 5) is 8.32. The first-order chi connectivity index (χ1) is 9.24. The molecule has 1 aromatic heterocycles. The molecule has 0 spiro atoms. The van der Waals surface area contributed by atoms with Crippen LogP contribution < -0.4 is 10.6 Å². The van der Waals surface area contributed by atoms with Crippen LogP contribution in [0.25, 0.3) is 0 Å². The second kappa shape index (κ2) is 6.41. The Balaban J connectivity index is 3.12. The number of nitrogens with two attached hydrogens (primary N) is 1. The molecule has 5 nitrogen and oxygen atoms in total. The van der Waals surface area contributed by atoms with Gasteiger partial charge in [-0.3, -0.25) is 0 Å². The molecule has 0 aromatic carbocycles. The predicted octanol–water partition coefficient (Wildman–Crippen LogP) is 2.45. The minimum atomic E-state index is -4.65. The number of nitrogens with zero attached hydrogens (tertiary/aromatic N) is 4. The summed E-state index contributed by atoms with van der Waals surface area (Å²) in [5, 5.41) is 8.62. The average Bonchev–Trinajstić information content (AvgIpc) is 2.32. The normalized spacial score (nSPS) is 11.4. The largest absolute Gasteiger partial charge is 0.451 e. The maximum absolute atomic E-state index is 12.7. The fourth-order valence-corrected chi connectivity index (χ4v) is 1.67. The Morgan fingerprint density at radius 3 is 2.55 bits per heavy atom. The first kappa shape index (κ1) is 16.0. The molecule has 0 bridgehead atoms. The summed E-state index contributed by atoms with van der Waals surface area (Å²) in [5.41, 5.74) is 5.41. The summed E-state index contributed by atoms with van der Waals surface area (Å²) in [7, 11) is 0. The summed E-state index contributed by atoms with van der Waals surface area (Å²) in [6, 6.07) is 3.25. The van der Waals surface area contributed by atoms with Crippen LogP contribution in [0.5, 0.6) is 0 Å². The zero-order chi connectivity index (χ0) is 15.3. The number of hydrogen-bond donors (Lipinski definition) is 1. The number of hydrogen-bond acceptors (Lipinski definition) is 5. The van der Waals surface area contributed by atoms with Crippen LogP contribution in [0.2, 0.25) is 0 Å². The summed E-state index contributed by atoms with van der Waals surface area (Å²) < 4.78 is 38.0. The maximum Gasteiger partial charge on any atom is 0.451 e. The minimum absolute atomic E-state index is 0.0915. The van der Waals surface area contributed by atoms with Gasteiger partial charge >= 0.3 is 6.18 Å². The van der Waals surface area contributed by atoms with Crippen molar-refractivity contribution in [2.45, 2.75) is 26.4 Å². The van der Waals surface area contributed by atoms with Gasteiger partial charge in [0, 0.05) is 19.2 Å². The Morgan fingerprint density at radius 2 is 2.05 bits per heavy atom. The second-order valence-electron chi connectivity index (χ2n) is 4.72. The van der Waals surface area contributed by atoms with Gasteiger partial charge in [0.25, 0.3) is 0 Å². The third kappa shape index (κ3) is 4.57. The molecule has 0 aliphatic rings. The van der Waals surface area contributed by atoms with Crippen molar-refractivity contribution in [3.05, 3.63) is 11.9 Å². The van der Waals surface area contributed by atoms with E-state index < -0.39 is 12.0 Å². The van der Waals surface area contributed by atoms with E-state index in [2.05, 4.69) is 9.97 Å². The Labute approximate surface area is 115 Å². The molecule has 0 unspecified atom stereocenters. The van der Waals surface area contributed by atoms with E-state index in [1.807, 2.05) is 19.9 Å². The van der Waals surface area contributed by atoms with Crippen LogP contribution in [-0.4, -0.2) is 23.1 Å². The highest BCUT2D eigenvalue weighted by Crippen LogP contribution is 2.28. The highest BCUT2D eigenvalue weighted by atomic mass is 19.4. The fraction of sp³-hybridized carbons (Fsp3) is 0.583. The summed E-state index contributed by atoms with van der Waals surface area (Å²) >= 11 is 0. The molecule has 0 aliphatic heterocycles. The Morgan fingerprint density at radius 1 is 1.40 bits per heavy atom. The lowest BCUT2D eigenvalue weighted by Gasteiger charge is -2.25. The molecule has 0 saturated heterocycles. The van der Waals surface area contributed by atoms with E-state index in [1.165, 1.54) is 6.07 Å². The SMILES string of the molecule is CC(C)CN(CCC#N)c1cc(N)nc(C(F)(F)F)n1. The second-order valence-corrected chi connectivity index (χ2v) is 4.72. The molecule has 1 rings (SSSR count). The maximum atomic E-state index is 12.7. The lowest BCUT2D eigenvalue weighted by Crippen LogP contribution is -2.30. The van der Waals surface area contributed by atoms with Crippen molar-refractivity contribution < 1.29 is 13.2 Å². The minimum Gasteiger partial charge on any atom is -0.384 e. The van der Waals surface area contributed by atoms with Gasteiger partial charge < -0.3 is 10.6 Å². The van der Waals surface area contributed by atoms with E-state index in [0.29, 0.717) is 13.1 Å². The summed E-state index contributed by atoms with van der Waals surface area (Å²) in [5.74, 6) is -1.21. The molecule has 0 saturated carbocycles. The monoisotopic (exact) mass is 287 g/mol. The molecule has 0 aliphatic carbocycles. The van der Waals surface area contributed by atoms with E-state index in [9.17, 15) is 13.2 Å². The van der Waals surface area contributed by atoms with Crippen LogP contribution in [0.4, 0.5) is 24.8 Å². The quantitative estimate of drug-likeness (QED) is 0.900. The van der Waals surface area contributed by atoms with Crippen molar-refractivity contribution in [3.8, 4) is 6.07 Å². The molecular formula is C12H16F3N5. The number of alkyl halides is 3. The van der Waals surface area contributed by atoms with Crippen LogP contribution >= 0.6 is 0 Å². The van der Waals surface area contributed by atoms with Gasteiger partial charge in [-0.1, -0.05) is 13.8 Å². The van der Waals surface area contributed by atoms with Crippen molar-refractivity contribution >= 4 is 11.6 Å². The van der Waals surface area contributed by atoms with E-state index in [0.717, 1.165) is 0 Å². The van der Waals surface area contributed by atoms with Crippen molar-refractivity contribution in [1.29, 1.82) is 5.26 Å². The molecule has 20 heavy (non-hydrogen) atoms. The van der Waals surface area contributed by atoms with E-state index in [4.69, 9.17) is 11.0 Å². The number of nitriles is 1. The third-order valence-corrected chi connectivity index (χ3v) is 2.39. The number of aromatic nitrogens is 2. The van der Waals surface area contributed by atoms with Crippen molar-refractivity contribution in [2.75, 3.05) is 23.7 Å². The highest BCUT2D eigenvalue weighted by Gasteiger charge is 2.35. The first-order valence-electron chi connectivity index (χ1n) is 6.07. The van der Waals surface area contributed by atoms with Gasteiger partial charge in [-0.05, 0) is 5.92 Å². The predicted molar refractivity (Wildman–Crippen MR) is 68.7 cm³/mol. The van der Waals surface area contributed by atoms with E-state index in [1.54, 1.807) is 4.90 Å². The van der Waals surface area contributed by atoms with Gasteiger partial charge in [-0.25, -0.2) is 9.97 Å². The third-order valence-electron chi connectivity index (χ3n) is 2.39. The molecule has 0 fully saturated rings. The van der Waals surface area contributed by atoms with Crippen LogP contribution in [0.1, 0.15) is 26.1 Å². The van der Waals surface area contributed by atoms with Gasteiger partial charge in [-0.15, -0.1) is 0 Å². The van der Waals surface area contributed by atoms with E-state index >= 15 is 0 Å². The summed E-state index contributed by atoms with van der Waals surface area (Å²) in [6.45, 7) is 4.63. The molecule has 2 N–H and O–H groups in total. The molecule has 0 atom stereocenters. The number of nitrogen functional groups attached to an aromatic ring is 1. The number of halogens is 3. The molecule has 110 valence electrons. The highest BCUT2D eigenvalue weighted by molar-refractivity contribution is 5.47. The molecule has 0 radical (unpaired) electrons. The van der Waals surface area contributed by atoms with Crippen LogP contribution in [-0.2, 0) is 6.18 Å². The standard InChI is InChI=1S/C12H16F3N5/c1-8(2)7-20(5-3-4-16)10-6-9(17)18-11(19-10)12(13,14)15/h6,8H,3,5,7H2,1-2H3,(H2,17,18,19). The number of rotatable bonds is 5. The Hall–Kier alpha value is -2.04. The first-order valence-corrected chi connectivity index (χ1v) is 6.07. The van der Waals surface area contributed by atoms with Crippen molar-refractivity contribution in [2.24, 2.45) is 5.92 Å². The van der Waals surface area contributed by atoms with Gasteiger partial charge in [-0.2, -0.15) is 18.4 Å². The summed E-state index contributed by atoms with van der Waals surface area (Å²) in [6.07, 6.45) is -4.46.